The number of amides is 2. The van der Waals surface area contributed by atoms with Gasteiger partial charge in [-0.3, -0.25) is 14.4 Å². The summed E-state index contributed by atoms with van der Waals surface area (Å²) in [6, 6.07) is 7.88. The van der Waals surface area contributed by atoms with Crippen LogP contribution >= 0.6 is 0 Å². The predicted molar refractivity (Wildman–Crippen MR) is 93.6 cm³/mol. The topological polar surface area (TPSA) is 66.9 Å². The Morgan fingerprint density at radius 3 is 2.48 bits per heavy atom. The highest BCUT2D eigenvalue weighted by Crippen LogP contribution is 2.23. The van der Waals surface area contributed by atoms with E-state index < -0.39 is 11.9 Å². The summed E-state index contributed by atoms with van der Waals surface area (Å²) in [6.45, 7) is 6.51. The first kappa shape index (κ1) is 19.0. The molecule has 1 atom stereocenters. The molecule has 0 aliphatic carbocycles. The minimum atomic E-state index is -0.456. The van der Waals surface area contributed by atoms with E-state index in [4.69, 9.17) is 0 Å². The second-order valence-electron chi connectivity index (χ2n) is 6.80. The van der Waals surface area contributed by atoms with E-state index in [9.17, 15) is 14.4 Å². The largest absolute Gasteiger partial charge is 0.468 e. The molecule has 2 rings (SSSR count). The molecule has 0 N–H and O–H groups in total. The van der Waals surface area contributed by atoms with Gasteiger partial charge in [0.05, 0.1) is 13.0 Å². The molecule has 1 fully saturated rings. The second-order valence-corrected chi connectivity index (χ2v) is 6.80. The van der Waals surface area contributed by atoms with Gasteiger partial charge in [0.15, 0.2) is 0 Å². The maximum atomic E-state index is 12.8. The van der Waals surface area contributed by atoms with Crippen LogP contribution in [0.2, 0.25) is 0 Å². The lowest BCUT2D eigenvalue weighted by Gasteiger charge is -2.28. The first-order valence-electron chi connectivity index (χ1n) is 8.52. The number of carbonyl (C=O) groups is 3. The highest BCUT2D eigenvalue weighted by molar-refractivity contribution is 5.91. The first-order chi connectivity index (χ1) is 11.8. The van der Waals surface area contributed by atoms with Gasteiger partial charge in [-0.1, -0.05) is 29.8 Å². The summed E-state index contributed by atoms with van der Waals surface area (Å²) >= 11 is 0. The molecule has 0 spiro atoms. The molecule has 1 saturated heterocycles. The number of hydrogen-bond acceptors (Lipinski definition) is 4. The number of benzene rings is 1. The third-order valence-electron chi connectivity index (χ3n) is 4.49. The monoisotopic (exact) mass is 346 g/mol. The Labute approximate surface area is 148 Å². The van der Waals surface area contributed by atoms with Gasteiger partial charge >= 0.3 is 5.97 Å². The number of ether oxygens (including phenoxy) is 1. The second kappa shape index (κ2) is 8.14. The fraction of sp³-hybridized carbons (Fsp3) is 0.526. The summed E-state index contributed by atoms with van der Waals surface area (Å²) in [4.78, 5) is 39.8. The Kier molecular flexibility index (Phi) is 6.17. The van der Waals surface area contributed by atoms with Gasteiger partial charge in [-0.2, -0.15) is 0 Å². The minimum absolute atomic E-state index is 0.0271. The average molecular weight is 346 g/mol. The molecule has 136 valence electrons. The molecule has 0 saturated carbocycles. The molecule has 1 aliphatic heterocycles. The molecular formula is C19H26N2O4. The number of esters is 1. The van der Waals surface area contributed by atoms with E-state index in [-0.39, 0.29) is 30.8 Å². The quantitative estimate of drug-likeness (QED) is 0.736. The molecule has 6 heteroatoms. The molecule has 1 unspecified atom stereocenters. The van der Waals surface area contributed by atoms with E-state index in [1.54, 1.807) is 4.90 Å². The maximum absolute atomic E-state index is 12.8. The molecule has 2 amide bonds. The zero-order chi connectivity index (χ0) is 18.6. The molecule has 1 heterocycles. The van der Waals surface area contributed by atoms with Crippen molar-refractivity contribution in [3.8, 4) is 0 Å². The number of hydrogen-bond donors (Lipinski definition) is 0. The average Bonchev–Trinajstić information content (AvgIpc) is 2.94. The van der Waals surface area contributed by atoms with Crippen LogP contribution in [0.5, 0.6) is 0 Å². The van der Waals surface area contributed by atoms with Crippen molar-refractivity contribution in [1.82, 2.24) is 9.80 Å². The van der Waals surface area contributed by atoms with Gasteiger partial charge in [-0.25, -0.2) is 0 Å². The lowest BCUT2D eigenvalue weighted by molar-refractivity contribution is -0.149. The fourth-order valence-corrected chi connectivity index (χ4v) is 2.96. The summed E-state index contributed by atoms with van der Waals surface area (Å²) in [6.07, 6.45) is 0.190. The van der Waals surface area contributed by atoms with Crippen molar-refractivity contribution in [2.45, 2.75) is 39.8 Å². The summed E-state index contributed by atoms with van der Waals surface area (Å²) in [5.74, 6) is -1.06. The van der Waals surface area contributed by atoms with E-state index in [1.165, 1.54) is 17.6 Å². The van der Waals surface area contributed by atoms with Crippen LogP contribution in [0.4, 0.5) is 0 Å². The smallest absolute Gasteiger partial charge is 0.325 e. The van der Waals surface area contributed by atoms with E-state index in [0.29, 0.717) is 13.1 Å². The standard InChI is InChI=1S/C19H26N2O4/c1-13(2)21(12-18(23)25-4)19(24)16-9-17(22)20(11-16)10-15-7-5-14(3)6-8-15/h5-8,13,16H,9-12H2,1-4H3. The van der Waals surface area contributed by atoms with Gasteiger partial charge < -0.3 is 14.5 Å². The van der Waals surface area contributed by atoms with Crippen molar-refractivity contribution in [3.63, 3.8) is 0 Å². The number of rotatable bonds is 6. The summed E-state index contributed by atoms with van der Waals surface area (Å²) in [7, 11) is 1.30. The summed E-state index contributed by atoms with van der Waals surface area (Å²) in [5, 5.41) is 0. The van der Waals surface area contributed by atoms with Crippen molar-refractivity contribution in [2.24, 2.45) is 5.92 Å². The van der Waals surface area contributed by atoms with E-state index in [2.05, 4.69) is 4.74 Å². The number of aryl methyl sites for hydroxylation is 1. The van der Waals surface area contributed by atoms with Crippen molar-refractivity contribution in [1.29, 1.82) is 0 Å². The summed E-state index contributed by atoms with van der Waals surface area (Å²) in [5.41, 5.74) is 2.21. The van der Waals surface area contributed by atoms with Crippen LogP contribution in [0.25, 0.3) is 0 Å². The third kappa shape index (κ3) is 4.81. The van der Waals surface area contributed by atoms with Crippen LogP contribution in [0.3, 0.4) is 0 Å². The number of likely N-dealkylation sites (tertiary alicyclic amines) is 1. The lowest BCUT2D eigenvalue weighted by atomic mass is 10.1. The van der Waals surface area contributed by atoms with Crippen molar-refractivity contribution < 1.29 is 19.1 Å². The molecule has 0 bridgehead atoms. The SMILES string of the molecule is COC(=O)CN(C(=O)C1CC(=O)N(Cc2ccc(C)cc2)C1)C(C)C. The molecular weight excluding hydrogens is 320 g/mol. The van der Waals surface area contributed by atoms with Crippen molar-refractivity contribution in [2.75, 3.05) is 20.2 Å². The zero-order valence-corrected chi connectivity index (χ0v) is 15.3. The third-order valence-corrected chi connectivity index (χ3v) is 4.49. The van der Waals surface area contributed by atoms with Gasteiger partial charge in [0.25, 0.3) is 0 Å². The van der Waals surface area contributed by atoms with Crippen LogP contribution in [-0.2, 0) is 25.7 Å². The highest BCUT2D eigenvalue weighted by atomic mass is 16.5. The van der Waals surface area contributed by atoms with Crippen LogP contribution in [0.1, 0.15) is 31.4 Å². The molecule has 6 nitrogen and oxygen atoms in total. The lowest BCUT2D eigenvalue weighted by Crippen LogP contribution is -2.44. The predicted octanol–water partition coefficient (Wildman–Crippen LogP) is 1.75. The van der Waals surface area contributed by atoms with E-state index in [0.717, 1.165) is 5.56 Å². The van der Waals surface area contributed by atoms with Crippen LogP contribution in [0, 0.1) is 12.8 Å². The van der Waals surface area contributed by atoms with Gasteiger partial charge in [-0.15, -0.1) is 0 Å². The maximum Gasteiger partial charge on any atom is 0.325 e. The Hall–Kier alpha value is -2.37. The number of methoxy groups -OCH3 is 1. The molecule has 1 aromatic carbocycles. The van der Waals surface area contributed by atoms with Crippen molar-refractivity contribution in [3.05, 3.63) is 35.4 Å². The van der Waals surface area contributed by atoms with Gasteiger partial charge in [0.1, 0.15) is 6.54 Å². The van der Waals surface area contributed by atoms with Gasteiger partial charge in [0.2, 0.25) is 11.8 Å². The normalized spacial score (nSPS) is 17.1. The fourth-order valence-electron chi connectivity index (χ4n) is 2.96. The highest BCUT2D eigenvalue weighted by Gasteiger charge is 2.37. The molecule has 1 aliphatic rings. The molecule has 25 heavy (non-hydrogen) atoms. The van der Waals surface area contributed by atoms with Gasteiger partial charge in [0, 0.05) is 25.6 Å². The molecule has 0 aromatic heterocycles. The molecule has 0 radical (unpaired) electrons. The minimum Gasteiger partial charge on any atom is -0.468 e. The Morgan fingerprint density at radius 1 is 1.28 bits per heavy atom. The van der Waals surface area contributed by atoms with Crippen LogP contribution < -0.4 is 0 Å². The van der Waals surface area contributed by atoms with Gasteiger partial charge in [-0.05, 0) is 26.3 Å². The Balaban J connectivity index is 2.03. The van der Waals surface area contributed by atoms with E-state index >= 15 is 0 Å². The summed E-state index contributed by atoms with van der Waals surface area (Å²) < 4.78 is 4.66. The van der Waals surface area contributed by atoms with Crippen molar-refractivity contribution >= 4 is 17.8 Å². The zero-order valence-electron chi connectivity index (χ0n) is 15.3. The first-order valence-corrected chi connectivity index (χ1v) is 8.52. The Bertz CT molecular complexity index is 639. The molecule has 1 aromatic rings. The van der Waals surface area contributed by atoms with Crippen LogP contribution in [0.15, 0.2) is 24.3 Å². The number of carbonyl (C=O) groups excluding carboxylic acids is 3. The van der Waals surface area contributed by atoms with E-state index in [1.807, 2.05) is 45.0 Å². The number of nitrogens with zero attached hydrogens (tertiary/aromatic N) is 2. The Morgan fingerprint density at radius 2 is 1.92 bits per heavy atom. The van der Waals surface area contributed by atoms with Crippen LogP contribution in [-0.4, -0.2) is 53.8 Å².